The second kappa shape index (κ2) is 4.86. The standard InChI is InChI=1S/C13H18N2O3/c1-13(2,14)6-11(16)15-7-9-4-3-5-10-12(9)18-8-17-10/h3-5H,6-8,14H2,1-2H3,(H,15,16). The van der Waals surface area contributed by atoms with E-state index in [9.17, 15) is 4.79 Å². The molecule has 0 saturated heterocycles. The number of rotatable bonds is 4. The molecule has 1 aromatic carbocycles. The minimum absolute atomic E-state index is 0.0704. The van der Waals surface area contributed by atoms with Crippen molar-refractivity contribution in [1.82, 2.24) is 5.32 Å². The van der Waals surface area contributed by atoms with Crippen LogP contribution in [0.15, 0.2) is 18.2 Å². The highest BCUT2D eigenvalue weighted by Gasteiger charge is 2.19. The first kappa shape index (κ1) is 12.7. The molecule has 5 nitrogen and oxygen atoms in total. The third-order valence-corrected chi connectivity index (χ3v) is 2.57. The van der Waals surface area contributed by atoms with Crippen LogP contribution in [0.25, 0.3) is 0 Å². The van der Waals surface area contributed by atoms with Crippen molar-refractivity contribution >= 4 is 5.91 Å². The normalized spacial score (nSPS) is 13.5. The van der Waals surface area contributed by atoms with E-state index < -0.39 is 5.54 Å². The molecule has 18 heavy (non-hydrogen) atoms. The number of benzene rings is 1. The number of para-hydroxylation sites is 1. The summed E-state index contributed by atoms with van der Waals surface area (Å²) < 4.78 is 10.6. The maximum absolute atomic E-state index is 11.7. The summed E-state index contributed by atoms with van der Waals surface area (Å²) in [6, 6.07) is 5.62. The van der Waals surface area contributed by atoms with Crippen LogP contribution >= 0.6 is 0 Å². The van der Waals surface area contributed by atoms with Crippen molar-refractivity contribution in [2.24, 2.45) is 5.73 Å². The van der Waals surface area contributed by atoms with Crippen LogP contribution in [0.1, 0.15) is 25.8 Å². The summed E-state index contributed by atoms with van der Waals surface area (Å²) in [5.41, 5.74) is 6.20. The number of amides is 1. The molecule has 1 aliphatic rings. The van der Waals surface area contributed by atoms with Gasteiger partial charge >= 0.3 is 0 Å². The fourth-order valence-corrected chi connectivity index (χ4v) is 1.80. The average molecular weight is 250 g/mol. The van der Waals surface area contributed by atoms with E-state index in [1.54, 1.807) is 0 Å². The molecule has 0 radical (unpaired) electrons. The molecule has 0 fully saturated rings. The summed E-state index contributed by atoms with van der Waals surface area (Å²) in [7, 11) is 0. The van der Waals surface area contributed by atoms with Crippen molar-refractivity contribution in [3.05, 3.63) is 23.8 Å². The lowest BCUT2D eigenvalue weighted by Crippen LogP contribution is -2.38. The first-order valence-corrected chi connectivity index (χ1v) is 5.89. The summed E-state index contributed by atoms with van der Waals surface area (Å²) in [5.74, 6) is 1.37. The van der Waals surface area contributed by atoms with E-state index in [1.165, 1.54) is 0 Å². The Morgan fingerprint density at radius 3 is 2.94 bits per heavy atom. The minimum atomic E-state index is -0.498. The van der Waals surface area contributed by atoms with Gasteiger partial charge in [0.05, 0.1) is 0 Å². The van der Waals surface area contributed by atoms with Crippen LogP contribution in [0.5, 0.6) is 11.5 Å². The minimum Gasteiger partial charge on any atom is -0.454 e. The first-order chi connectivity index (χ1) is 8.46. The van der Waals surface area contributed by atoms with Crippen LogP contribution in [0.4, 0.5) is 0 Å². The molecular formula is C13H18N2O3. The van der Waals surface area contributed by atoms with Gasteiger partial charge in [-0.3, -0.25) is 4.79 Å². The Bertz CT molecular complexity index is 452. The van der Waals surface area contributed by atoms with Gasteiger partial charge in [-0.15, -0.1) is 0 Å². The average Bonchev–Trinajstić information content (AvgIpc) is 2.72. The van der Waals surface area contributed by atoms with Crippen LogP contribution < -0.4 is 20.5 Å². The Morgan fingerprint density at radius 1 is 1.44 bits per heavy atom. The number of ether oxygens (including phenoxy) is 2. The highest BCUT2D eigenvalue weighted by atomic mass is 16.7. The van der Waals surface area contributed by atoms with Gasteiger partial charge in [-0.2, -0.15) is 0 Å². The molecule has 1 aliphatic heterocycles. The molecule has 0 unspecified atom stereocenters. The zero-order valence-electron chi connectivity index (χ0n) is 10.7. The molecule has 1 aromatic rings. The third-order valence-electron chi connectivity index (χ3n) is 2.57. The highest BCUT2D eigenvalue weighted by molar-refractivity contribution is 5.77. The van der Waals surface area contributed by atoms with Gasteiger partial charge in [0.15, 0.2) is 11.5 Å². The Kier molecular flexibility index (Phi) is 3.43. The summed E-state index contributed by atoms with van der Waals surface area (Å²) in [6.07, 6.45) is 0.291. The molecule has 0 aromatic heterocycles. The lowest BCUT2D eigenvalue weighted by Gasteiger charge is -2.17. The van der Waals surface area contributed by atoms with Crippen LogP contribution in [0.2, 0.25) is 0 Å². The molecule has 0 spiro atoms. The second-order valence-corrected chi connectivity index (χ2v) is 5.09. The molecule has 3 N–H and O–H groups in total. The first-order valence-electron chi connectivity index (χ1n) is 5.89. The number of nitrogens with two attached hydrogens (primary N) is 1. The maximum Gasteiger partial charge on any atom is 0.231 e. The number of nitrogens with one attached hydrogen (secondary N) is 1. The quantitative estimate of drug-likeness (QED) is 0.841. The van der Waals surface area contributed by atoms with Crippen molar-refractivity contribution in [3.8, 4) is 11.5 Å². The van der Waals surface area contributed by atoms with Gasteiger partial charge in [-0.1, -0.05) is 12.1 Å². The van der Waals surface area contributed by atoms with Gasteiger partial charge in [-0.25, -0.2) is 0 Å². The molecule has 0 aliphatic carbocycles. The van der Waals surface area contributed by atoms with Crippen molar-refractivity contribution in [2.75, 3.05) is 6.79 Å². The number of hydrogen-bond donors (Lipinski definition) is 2. The predicted octanol–water partition coefficient (Wildman–Crippen LogP) is 1.16. The fourth-order valence-electron chi connectivity index (χ4n) is 1.80. The van der Waals surface area contributed by atoms with E-state index in [2.05, 4.69) is 5.32 Å². The van der Waals surface area contributed by atoms with Gasteiger partial charge in [0.25, 0.3) is 0 Å². The lowest BCUT2D eigenvalue weighted by atomic mass is 10.0. The molecular weight excluding hydrogens is 232 g/mol. The number of carbonyl (C=O) groups is 1. The van der Waals surface area contributed by atoms with Crippen LogP contribution in [-0.2, 0) is 11.3 Å². The van der Waals surface area contributed by atoms with Gasteiger partial charge in [0.1, 0.15) is 0 Å². The van der Waals surface area contributed by atoms with E-state index in [0.29, 0.717) is 18.7 Å². The van der Waals surface area contributed by atoms with E-state index in [4.69, 9.17) is 15.2 Å². The number of hydrogen-bond acceptors (Lipinski definition) is 4. The number of carbonyl (C=O) groups excluding carboxylic acids is 1. The van der Waals surface area contributed by atoms with E-state index in [0.717, 1.165) is 11.3 Å². The van der Waals surface area contributed by atoms with E-state index in [1.807, 2.05) is 32.0 Å². The predicted molar refractivity (Wildman–Crippen MR) is 67.3 cm³/mol. The van der Waals surface area contributed by atoms with Crippen LogP contribution in [0, 0.1) is 0 Å². The van der Waals surface area contributed by atoms with Gasteiger partial charge < -0.3 is 20.5 Å². The van der Waals surface area contributed by atoms with E-state index >= 15 is 0 Å². The zero-order chi connectivity index (χ0) is 13.2. The SMILES string of the molecule is CC(C)(N)CC(=O)NCc1cccc2c1OCO2. The van der Waals surface area contributed by atoms with Gasteiger partial charge in [-0.05, 0) is 19.9 Å². The Morgan fingerprint density at radius 2 is 2.22 bits per heavy atom. The molecule has 1 amide bonds. The zero-order valence-corrected chi connectivity index (χ0v) is 10.7. The highest BCUT2D eigenvalue weighted by Crippen LogP contribution is 2.35. The molecule has 0 bridgehead atoms. The summed E-state index contributed by atoms with van der Waals surface area (Å²) in [6.45, 7) is 4.30. The number of fused-ring (bicyclic) bond motifs is 1. The largest absolute Gasteiger partial charge is 0.454 e. The van der Waals surface area contributed by atoms with Gasteiger partial charge in [0.2, 0.25) is 12.7 Å². The molecule has 1 heterocycles. The monoisotopic (exact) mass is 250 g/mol. The Labute approximate surface area is 106 Å². The van der Waals surface area contributed by atoms with Gasteiger partial charge in [0, 0.05) is 24.1 Å². The van der Waals surface area contributed by atoms with Crippen molar-refractivity contribution in [2.45, 2.75) is 32.4 Å². The summed E-state index contributed by atoms with van der Waals surface area (Å²) >= 11 is 0. The Balaban J connectivity index is 1.95. The van der Waals surface area contributed by atoms with Crippen molar-refractivity contribution < 1.29 is 14.3 Å². The second-order valence-electron chi connectivity index (χ2n) is 5.09. The topological polar surface area (TPSA) is 73.6 Å². The van der Waals surface area contributed by atoms with Crippen molar-refractivity contribution in [1.29, 1.82) is 0 Å². The molecule has 0 saturated carbocycles. The summed E-state index contributed by atoms with van der Waals surface area (Å²) in [4.78, 5) is 11.7. The Hall–Kier alpha value is -1.75. The lowest BCUT2D eigenvalue weighted by molar-refractivity contribution is -0.122. The third kappa shape index (κ3) is 3.13. The molecule has 5 heteroatoms. The van der Waals surface area contributed by atoms with Crippen LogP contribution in [-0.4, -0.2) is 18.2 Å². The maximum atomic E-state index is 11.7. The molecule has 0 atom stereocenters. The smallest absolute Gasteiger partial charge is 0.231 e. The van der Waals surface area contributed by atoms with E-state index in [-0.39, 0.29) is 12.7 Å². The van der Waals surface area contributed by atoms with Crippen LogP contribution in [0.3, 0.4) is 0 Å². The molecule has 2 rings (SSSR count). The molecule has 98 valence electrons. The fraction of sp³-hybridized carbons (Fsp3) is 0.462. The summed E-state index contributed by atoms with van der Waals surface area (Å²) in [5, 5.41) is 2.83. The van der Waals surface area contributed by atoms with Crippen molar-refractivity contribution in [3.63, 3.8) is 0 Å².